The molecule has 0 aliphatic rings. The Morgan fingerprint density at radius 2 is 1.89 bits per heavy atom. The van der Waals surface area contributed by atoms with Crippen molar-refractivity contribution in [2.24, 2.45) is 0 Å². The second-order valence-electron chi connectivity index (χ2n) is 4.50. The molecule has 0 atom stereocenters. The van der Waals surface area contributed by atoms with Gasteiger partial charge in [-0.15, -0.1) is 0 Å². The van der Waals surface area contributed by atoms with E-state index < -0.39 is 0 Å². The van der Waals surface area contributed by atoms with Gasteiger partial charge in [-0.1, -0.05) is 6.07 Å². The van der Waals surface area contributed by atoms with E-state index >= 15 is 0 Å². The molecule has 96 valence electrons. The van der Waals surface area contributed by atoms with E-state index in [4.69, 9.17) is 0 Å². The zero-order valence-corrected chi connectivity index (χ0v) is 11.1. The number of aryl methyl sites for hydroxylation is 3. The van der Waals surface area contributed by atoms with Crippen molar-refractivity contribution in [2.45, 2.75) is 20.8 Å². The predicted octanol–water partition coefficient (Wildman–Crippen LogP) is 3.76. The number of pyridine rings is 1. The molecule has 19 heavy (non-hydrogen) atoms. The van der Waals surface area contributed by atoms with Gasteiger partial charge in [-0.05, 0) is 50.1 Å². The molecule has 0 saturated heterocycles. The van der Waals surface area contributed by atoms with E-state index in [2.05, 4.69) is 16.4 Å². The Morgan fingerprint density at radius 3 is 2.58 bits per heavy atom. The Kier molecular flexibility index (Phi) is 3.48. The van der Waals surface area contributed by atoms with Gasteiger partial charge in [0.05, 0.1) is 5.56 Å². The van der Waals surface area contributed by atoms with Crippen LogP contribution < -0.4 is 5.32 Å². The number of anilines is 2. The zero-order chi connectivity index (χ0) is 14.0. The molecule has 3 nitrogen and oxygen atoms in total. The minimum atomic E-state index is -0.323. The molecule has 1 aromatic carbocycles. The van der Waals surface area contributed by atoms with Gasteiger partial charge in [0.1, 0.15) is 17.7 Å². The van der Waals surface area contributed by atoms with E-state index in [-0.39, 0.29) is 5.82 Å². The molecule has 0 spiro atoms. The maximum absolute atomic E-state index is 13.3. The average Bonchev–Trinajstić information content (AvgIpc) is 2.33. The molecule has 0 aliphatic heterocycles. The van der Waals surface area contributed by atoms with Crippen LogP contribution in [-0.2, 0) is 0 Å². The molecule has 1 aromatic heterocycles. The second kappa shape index (κ2) is 5.07. The third-order valence-corrected chi connectivity index (χ3v) is 2.91. The van der Waals surface area contributed by atoms with Crippen molar-refractivity contribution in [3.05, 3.63) is 52.5 Å². The Morgan fingerprint density at radius 1 is 1.16 bits per heavy atom. The monoisotopic (exact) mass is 255 g/mol. The van der Waals surface area contributed by atoms with Gasteiger partial charge in [-0.3, -0.25) is 0 Å². The van der Waals surface area contributed by atoms with Crippen LogP contribution in [0.4, 0.5) is 15.9 Å². The van der Waals surface area contributed by atoms with Gasteiger partial charge < -0.3 is 5.32 Å². The Hall–Kier alpha value is -2.41. The number of nitrogens with zero attached hydrogens (tertiary/aromatic N) is 2. The van der Waals surface area contributed by atoms with Crippen molar-refractivity contribution >= 4 is 11.5 Å². The fourth-order valence-corrected chi connectivity index (χ4v) is 1.92. The molecule has 1 N–H and O–H groups in total. The summed E-state index contributed by atoms with van der Waals surface area (Å²) < 4.78 is 13.3. The molecule has 0 radical (unpaired) electrons. The molecular weight excluding hydrogens is 241 g/mol. The lowest BCUT2D eigenvalue weighted by atomic mass is 10.1. The van der Waals surface area contributed by atoms with Gasteiger partial charge in [0.25, 0.3) is 0 Å². The summed E-state index contributed by atoms with van der Waals surface area (Å²) in [6.07, 6.45) is 0. The van der Waals surface area contributed by atoms with Crippen molar-refractivity contribution in [1.29, 1.82) is 5.26 Å². The van der Waals surface area contributed by atoms with E-state index in [1.807, 2.05) is 26.8 Å². The summed E-state index contributed by atoms with van der Waals surface area (Å²) in [5.74, 6) is 0.143. The van der Waals surface area contributed by atoms with Crippen LogP contribution >= 0.6 is 0 Å². The van der Waals surface area contributed by atoms with Crippen molar-refractivity contribution in [3.8, 4) is 6.07 Å². The molecule has 0 unspecified atom stereocenters. The highest BCUT2D eigenvalue weighted by atomic mass is 19.1. The van der Waals surface area contributed by atoms with Crippen molar-refractivity contribution in [3.63, 3.8) is 0 Å². The summed E-state index contributed by atoms with van der Waals surface area (Å²) in [6.45, 7) is 5.59. The second-order valence-corrected chi connectivity index (χ2v) is 4.50. The Balaban J connectivity index is 2.49. The predicted molar refractivity (Wildman–Crippen MR) is 72.8 cm³/mol. The number of halogens is 1. The van der Waals surface area contributed by atoms with E-state index in [1.54, 1.807) is 6.07 Å². The summed E-state index contributed by atoms with van der Waals surface area (Å²) in [7, 11) is 0. The van der Waals surface area contributed by atoms with Crippen LogP contribution in [0.2, 0.25) is 0 Å². The van der Waals surface area contributed by atoms with Crippen LogP contribution in [0.1, 0.15) is 22.4 Å². The summed E-state index contributed by atoms with van der Waals surface area (Å²) in [5, 5.41) is 12.2. The zero-order valence-electron chi connectivity index (χ0n) is 11.1. The number of rotatable bonds is 2. The largest absolute Gasteiger partial charge is 0.339 e. The highest BCUT2D eigenvalue weighted by molar-refractivity contribution is 5.67. The van der Waals surface area contributed by atoms with Gasteiger partial charge in [0.2, 0.25) is 0 Å². The lowest BCUT2D eigenvalue weighted by Gasteiger charge is -2.12. The van der Waals surface area contributed by atoms with E-state index in [0.717, 1.165) is 16.8 Å². The standard InChI is InChI=1S/C15H14FN3/c1-9-4-5-12(16)7-14(9)19-15-13(8-17)10(2)6-11(3)18-15/h4-7H,1-3H3,(H,18,19). The number of benzene rings is 1. The third-order valence-electron chi connectivity index (χ3n) is 2.91. The maximum atomic E-state index is 13.3. The molecule has 0 bridgehead atoms. The molecular formula is C15H14FN3. The first-order valence-corrected chi connectivity index (χ1v) is 5.93. The Bertz CT molecular complexity index is 672. The normalized spacial score (nSPS) is 10.1. The maximum Gasteiger partial charge on any atom is 0.148 e. The van der Waals surface area contributed by atoms with Crippen LogP contribution in [0.5, 0.6) is 0 Å². The summed E-state index contributed by atoms with van der Waals surface area (Å²) in [5.41, 5.74) is 3.66. The summed E-state index contributed by atoms with van der Waals surface area (Å²) in [6, 6.07) is 8.46. The first-order chi connectivity index (χ1) is 9.01. The fourth-order valence-electron chi connectivity index (χ4n) is 1.92. The molecule has 4 heteroatoms. The summed E-state index contributed by atoms with van der Waals surface area (Å²) in [4.78, 5) is 4.31. The van der Waals surface area contributed by atoms with E-state index in [0.29, 0.717) is 17.1 Å². The van der Waals surface area contributed by atoms with Crippen molar-refractivity contribution in [2.75, 3.05) is 5.32 Å². The topological polar surface area (TPSA) is 48.7 Å². The lowest BCUT2D eigenvalue weighted by molar-refractivity contribution is 0.628. The Labute approximate surface area is 111 Å². The average molecular weight is 255 g/mol. The highest BCUT2D eigenvalue weighted by Crippen LogP contribution is 2.24. The van der Waals surface area contributed by atoms with E-state index in [1.165, 1.54) is 12.1 Å². The van der Waals surface area contributed by atoms with Gasteiger partial charge in [-0.2, -0.15) is 5.26 Å². The molecule has 0 fully saturated rings. The van der Waals surface area contributed by atoms with Gasteiger partial charge in [0.15, 0.2) is 0 Å². The van der Waals surface area contributed by atoms with Crippen LogP contribution in [0, 0.1) is 37.9 Å². The molecule has 2 aromatic rings. The van der Waals surface area contributed by atoms with Gasteiger partial charge in [-0.25, -0.2) is 9.37 Å². The molecule has 0 amide bonds. The highest BCUT2D eigenvalue weighted by Gasteiger charge is 2.10. The number of aromatic nitrogens is 1. The van der Waals surface area contributed by atoms with Crippen molar-refractivity contribution in [1.82, 2.24) is 4.98 Å². The first kappa shape index (κ1) is 13.0. The molecule has 0 saturated carbocycles. The van der Waals surface area contributed by atoms with Gasteiger partial charge in [0, 0.05) is 11.4 Å². The van der Waals surface area contributed by atoms with Crippen LogP contribution in [-0.4, -0.2) is 4.98 Å². The summed E-state index contributed by atoms with van der Waals surface area (Å²) >= 11 is 0. The number of nitrogens with one attached hydrogen (secondary N) is 1. The first-order valence-electron chi connectivity index (χ1n) is 5.93. The number of hydrogen-bond donors (Lipinski definition) is 1. The molecule has 1 heterocycles. The molecule has 2 rings (SSSR count). The third kappa shape index (κ3) is 2.71. The van der Waals surface area contributed by atoms with E-state index in [9.17, 15) is 9.65 Å². The lowest BCUT2D eigenvalue weighted by Crippen LogP contribution is -2.02. The van der Waals surface area contributed by atoms with Crippen LogP contribution in [0.25, 0.3) is 0 Å². The smallest absolute Gasteiger partial charge is 0.148 e. The SMILES string of the molecule is Cc1cc(C)c(C#N)c(Nc2cc(F)ccc2C)n1. The molecule has 0 aliphatic carbocycles. The van der Waals surface area contributed by atoms with Crippen molar-refractivity contribution < 1.29 is 4.39 Å². The van der Waals surface area contributed by atoms with Gasteiger partial charge >= 0.3 is 0 Å². The number of hydrogen-bond acceptors (Lipinski definition) is 3. The quantitative estimate of drug-likeness (QED) is 0.888. The van der Waals surface area contributed by atoms with Crippen LogP contribution in [0.15, 0.2) is 24.3 Å². The minimum Gasteiger partial charge on any atom is -0.339 e. The fraction of sp³-hybridized carbons (Fsp3) is 0.200. The number of nitriles is 1. The minimum absolute atomic E-state index is 0.323. The van der Waals surface area contributed by atoms with Crippen LogP contribution in [0.3, 0.4) is 0 Å².